The van der Waals surface area contributed by atoms with E-state index in [9.17, 15) is 14.3 Å². The molecule has 1 atom stereocenters. The molecular weight excluding hydrogens is 263 g/mol. The number of β-amino-alcohol motifs (C(OH)–C–C–N with tert-alkyl or cyclic N) is 1. The third kappa shape index (κ3) is 4.35. The molecule has 0 amide bonds. The molecule has 1 aliphatic heterocycles. The fourth-order valence-corrected chi connectivity index (χ4v) is 2.02. The van der Waals surface area contributed by atoms with Gasteiger partial charge < -0.3 is 15.2 Å². The maximum Gasteiger partial charge on any atom is 0.146 e. The number of halogens is 1. The van der Waals surface area contributed by atoms with Gasteiger partial charge in [0.05, 0.1) is 0 Å². The Kier molecular flexibility index (Phi) is 5.12. The number of piperazine rings is 1. The SMILES string of the molecule is O=C=C1CN(CC(O)COc2ccc(F)cc2)CCN1. The number of benzene rings is 1. The minimum Gasteiger partial charge on any atom is -0.491 e. The highest BCUT2D eigenvalue weighted by Crippen LogP contribution is 2.11. The average molecular weight is 280 g/mol. The van der Waals surface area contributed by atoms with Crippen LogP contribution in [0.2, 0.25) is 0 Å². The van der Waals surface area contributed by atoms with Gasteiger partial charge in [-0.1, -0.05) is 0 Å². The van der Waals surface area contributed by atoms with E-state index < -0.39 is 6.10 Å². The summed E-state index contributed by atoms with van der Waals surface area (Å²) in [4.78, 5) is 12.5. The Hall–Kier alpha value is -1.88. The number of aliphatic hydroxyl groups excluding tert-OH is 1. The predicted octanol–water partition coefficient (Wildman–Crippen LogP) is 0.186. The largest absolute Gasteiger partial charge is 0.491 e. The standard InChI is InChI=1S/C14H17FN2O3/c15-11-1-3-14(4-2-11)20-10-13(19)8-17-6-5-16-12(7-17)9-18/h1-4,13,16,19H,5-8,10H2. The summed E-state index contributed by atoms with van der Waals surface area (Å²) in [6.07, 6.45) is -0.675. The summed E-state index contributed by atoms with van der Waals surface area (Å²) in [5, 5.41) is 12.8. The molecule has 0 aromatic heterocycles. The van der Waals surface area contributed by atoms with E-state index >= 15 is 0 Å². The van der Waals surface area contributed by atoms with Gasteiger partial charge in [-0.15, -0.1) is 0 Å². The van der Waals surface area contributed by atoms with Gasteiger partial charge >= 0.3 is 0 Å². The van der Waals surface area contributed by atoms with Gasteiger partial charge in [-0.2, -0.15) is 0 Å². The lowest BCUT2D eigenvalue weighted by Crippen LogP contribution is -2.46. The molecule has 1 aromatic rings. The Bertz CT molecular complexity index is 486. The van der Waals surface area contributed by atoms with Gasteiger partial charge in [0.2, 0.25) is 0 Å². The first kappa shape index (κ1) is 14.5. The van der Waals surface area contributed by atoms with Crippen LogP contribution in [0.3, 0.4) is 0 Å². The lowest BCUT2D eigenvalue weighted by atomic mass is 10.2. The molecule has 0 saturated carbocycles. The van der Waals surface area contributed by atoms with E-state index in [1.54, 1.807) is 0 Å². The van der Waals surface area contributed by atoms with Crippen LogP contribution < -0.4 is 10.1 Å². The van der Waals surface area contributed by atoms with E-state index in [-0.39, 0.29) is 12.4 Å². The molecule has 1 saturated heterocycles. The van der Waals surface area contributed by atoms with Crippen molar-refractivity contribution in [3.05, 3.63) is 35.8 Å². The summed E-state index contributed by atoms with van der Waals surface area (Å²) < 4.78 is 18.1. The van der Waals surface area contributed by atoms with Crippen LogP contribution in [0.1, 0.15) is 0 Å². The number of nitrogens with one attached hydrogen (secondary N) is 1. The molecule has 1 unspecified atom stereocenters. The van der Waals surface area contributed by atoms with Crippen LogP contribution in [0.25, 0.3) is 0 Å². The maximum absolute atomic E-state index is 12.7. The van der Waals surface area contributed by atoms with Crippen molar-refractivity contribution >= 4 is 5.94 Å². The van der Waals surface area contributed by atoms with Crippen LogP contribution in [0.5, 0.6) is 5.75 Å². The Morgan fingerprint density at radius 3 is 2.90 bits per heavy atom. The lowest BCUT2D eigenvalue weighted by Gasteiger charge is -2.29. The summed E-state index contributed by atoms with van der Waals surface area (Å²) in [5.74, 6) is 2.02. The number of aliphatic hydroxyl groups is 1. The number of carbonyl (C=O) groups excluding carboxylic acids is 1. The van der Waals surface area contributed by atoms with Crippen molar-refractivity contribution in [2.24, 2.45) is 0 Å². The molecule has 1 aliphatic rings. The summed E-state index contributed by atoms with van der Waals surface area (Å²) >= 11 is 0. The molecule has 2 rings (SSSR count). The van der Waals surface area contributed by atoms with E-state index in [2.05, 4.69) is 5.32 Å². The molecule has 20 heavy (non-hydrogen) atoms. The van der Waals surface area contributed by atoms with Crippen molar-refractivity contribution < 1.29 is 19.0 Å². The van der Waals surface area contributed by atoms with Crippen LogP contribution in [0.4, 0.5) is 4.39 Å². The van der Waals surface area contributed by atoms with E-state index in [0.717, 1.165) is 6.54 Å². The smallest absolute Gasteiger partial charge is 0.146 e. The quantitative estimate of drug-likeness (QED) is 0.754. The van der Waals surface area contributed by atoms with Gasteiger partial charge in [0.15, 0.2) is 0 Å². The second kappa shape index (κ2) is 7.05. The molecule has 5 nitrogen and oxygen atoms in total. The highest BCUT2D eigenvalue weighted by atomic mass is 19.1. The summed E-state index contributed by atoms with van der Waals surface area (Å²) in [7, 11) is 0. The van der Waals surface area contributed by atoms with Crippen LogP contribution >= 0.6 is 0 Å². The van der Waals surface area contributed by atoms with Crippen LogP contribution in [-0.2, 0) is 4.79 Å². The first-order valence-electron chi connectivity index (χ1n) is 6.44. The van der Waals surface area contributed by atoms with E-state index in [0.29, 0.717) is 31.1 Å². The minimum atomic E-state index is -0.675. The van der Waals surface area contributed by atoms with Crippen molar-refractivity contribution in [3.8, 4) is 5.75 Å². The zero-order valence-electron chi connectivity index (χ0n) is 11.0. The van der Waals surface area contributed by atoms with Gasteiger partial charge in [-0.05, 0) is 24.3 Å². The molecule has 1 aromatic carbocycles. The van der Waals surface area contributed by atoms with Crippen molar-refractivity contribution in [2.75, 3.05) is 32.8 Å². The highest BCUT2D eigenvalue weighted by molar-refractivity contribution is 5.52. The van der Waals surface area contributed by atoms with Gasteiger partial charge in [-0.25, -0.2) is 9.18 Å². The minimum absolute atomic E-state index is 0.121. The Balaban J connectivity index is 1.76. The summed E-state index contributed by atoms with van der Waals surface area (Å²) in [6.45, 7) is 2.40. The number of hydrogen-bond acceptors (Lipinski definition) is 5. The van der Waals surface area contributed by atoms with Crippen LogP contribution in [-0.4, -0.2) is 54.8 Å². The molecule has 0 aliphatic carbocycles. The monoisotopic (exact) mass is 280 g/mol. The van der Waals surface area contributed by atoms with Crippen molar-refractivity contribution in [1.29, 1.82) is 0 Å². The molecule has 1 heterocycles. The van der Waals surface area contributed by atoms with Crippen LogP contribution in [0, 0.1) is 5.82 Å². The fraction of sp³-hybridized carbons (Fsp3) is 0.429. The Morgan fingerprint density at radius 2 is 2.20 bits per heavy atom. The van der Waals surface area contributed by atoms with Crippen molar-refractivity contribution in [2.45, 2.75) is 6.10 Å². The van der Waals surface area contributed by atoms with Crippen molar-refractivity contribution in [1.82, 2.24) is 10.2 Å². The lowest BCUT2D eigenvalue weighted by molar-refractivity contribution is 0.0680. The number of hydrogen-bond donors (Lipinski definition) is 2. The van der Waals surface area contributed by atoms with Gasteiger partial charge in [-0.3, -0.25) is 4.90 Å². The number of rotatable bonds is 5. The molecule has 1 fully saturated rings. The number of nitrogens with zero attached hydrogens (tertiary/aromatic N) is 1. The summed E-state index contributed by atoms with van der Waals surface area (Å²) in [6, 6.07) is 5.64. The fourth-order valence-electron chi connectivity index (χ4n) is 2.02. The Morgan fingerprint density at radius 1 is 1.45 bits per heavy atom. The van der Waals surface area contributed by atoms with Gasteiger partial charge in [0.25, 0.3) is 0 Å². The molecule has 2 N–H and O–H groups in total. The molecule has 0 bridgehead atoms. The van der Waals surface area contributed by atoms with E-state index in [4.69, 9.17) is 4.74 Å². The maximum atomic E-state index is 12.7. The molecular formula is C14H17FN2O3. The molecule has 0 spiro atoms. The third-order valence-corrected chi connectivity index (χ3v) is 3.00. The van der Waals surface area contributed by atoms with E-state index in [1.807, 2.05) is 10.8 Å². The van der Waals surface area contributed by atoms with E-state index in [1.165, 1.54) is 24.3 Å². The first-order valence-corrected chi connectivity index (χ1v) is 6.44. The predicted molar refractivity (Wildman–Crippen MR) is 71.6 cm³/mol. The molecule has 6 heteroatoms. The highest BCUT2D eigenvalue weighted by Gasteiger charge is 2.17. The molecule has 0 radical (unpaired) electrons. The Labute approximate surface area is 116 Å². The van der Waals surface area contributed by atoms with Gasteiger partial charge in [0.1, 0.15) is 35.9 Å². The topological polar surface area (TPSA) is 61.8 Å². The summed E-state index contributed by atoms with van der Waals surface area (Å²) in [5.41, 5.74) is 0.503. The zero-order chi connectivity index (χ0) is 14.4. The molecule has 108 valence electrons. The second-order valence-corrected chi connectivity index (χ2v) is 4.66. The second-order valence-electron chi connectivity index (χ2n) is 4.66. The first-order chi connectivity index (χ1) is 9.67. The van der Waals surface area contributed by atoms with Gasteiger partial charge in [0, 0.05) is 26.2 Å². The van der Waals surface area contributed by atoms with Crippen LogP contribution in [0.15, 0.2) is 30.0 Å². The zero-order valence-corrected chi connectivity index (χ0v) is 11.0. The number of ether oxygens (including phenoxy) is 1. The van der Waals surface area contributed by atoms with Crippen molar-refractivity contribution in [3.63, 3.8) is 0 Å². The normalized spacial score (nSPS) is 17.2. The average Bonchev–Trinajstić information content (AvgIpc) is 2.47. The third-order valence-electron chi connectivity index (χ3n) is 3.00.